The first kappa shape index (κ1) is 9.13. The van der Waals surface area contributed by atoms with Gasteiger partial charge in [-0.05, 0) is 0 Å². The van der Waals surface area contributed by atoms with Crippen LogP contribution < -0.4 is 16.0 Å². The summed E-state index contributed by atoms with van der Waals surface area (Å²) in [6.45, 7) is 0. The highest BCUT2D eigenvalue weighted by Gasteiger charge is 2.22. The van der Waals surface area contributed by atoms with Crippen LogP contribution in [0.15, 0.2) is 6.33 Å². The van der Waals surface area contributed by atoms with E-state index in [1.54, 1.807) is 0 Å². The Bertz CT molecular complexity index is 306. The SMILES string of the molecule is COc1ncnc(NN)c1[N+](=O)[O-]. The van der Waals surface area contributed by atoms with Gasteiger partial charge in [0.2, 0.25) is 5.82 Å². The maximum Gasteiger partial charge on any atom is 0.374 e. The fourth-order valence-corrected chi connectivity index (χ4v) is 0.782. The average molecular weight is 185 g/mol. The number of nitrogens with zero attached hydrogens (tertiary/aromatic N) is 3. The maximum atomic E-state index is 10.5. The minimum Gasteiger partial charge on any atom is -0.476 e. The molecule has 13 heavy (non-hydrogen) atoms. The molecular weight excluding hydrogens is 178 g/mol. The van der Waals surface area contributed by atoms with Gasteiger partial charge < -0.3 is 10.2 Å². The number of aromatic nitrogens is 2. The second-order valence-corrected chi connectivity index (χ2v) is 1.98. The van der Waals surface area contributed by atoms with Crippen molar-refractivity contribution in [3.63, 3.8) is 0 Å². The van der Waals surface area contributed by atoms with Crippen molar-refractivity contribution in [2.45, 2.75) is 0 Å². The van der Waals surface area contributed by atoms with Crippen LogP contribution in [0, 0.1) is 10.1 Å². The largest absolute Gasteiger partial charge is 0.476 e. The fraction of sp³-hybridized carbons (Fsp3) is 0.200. The minimum atomic E-state index is -0.673. The van der Waals surface area contributed by atoms with E-state index < -0.39 is 4.92 Å². The lowest BCUT2D eigenvalue weighted by molar-refractivity contribution is -0.385. The number of hydrogen-bond donors (Lipinski definition) is 2. The van der Waals surface area contributed by atoms with E-state index in [-0.39, 0.29) is 17.4 Å². The van der Waals surface area contributed by atoms with Crippen LogP contribution in [-0.2, 0) is 0 Å². The summed E-state index contributed by atoms with van der Waals surface area (Å²) >= 11 is 0. The Morgan fingerprint density at radius 1 is 1.69 bits per heavy atom. The van der Waals surface area contributed by atoms with Gasteiger partial charge in [0.1, 0.15) is 6.33 Å². The van der Waals surface area contributed by atoms with Crippen molar-refractivity contribution in [1.82, 2.24) is 9.97 Å². The second-order valence-electron chi connectivity index (χ2n) is 1.98. The molecule has 8 nitrogen and oxygen atoms in total. The Labute approximate surface area is 72.9 Å². The first-order valence-corrected chi connectivity index (χ1v) is 3.20. The molecule has 1 aromatic heterocycles. The number of ether oxygens (including phenoxy) is 1. The van der Waals surface area contributed by atoms with Crippen LogP contribution in [-0.4, -0.2) is 22.0 Å². The van der Waals surface area contributed by atoms with Crippen LogP contribution >= 0.6 is 0 Å². The van der Waals surface area contributed by atoms with Crippen LogP contribution in [0.25, 0.3) is 0 Å². The highest BCUT2D eigenvalue weighted by atomic mass is 16.6. The molecule has 1 rings (SSSR count). The lowest BCUT2D eigenvalue weighted by Crippen LogP contribution is -2.12. The Balaban J connectivity index is 3.29. The highest BCUT2D eigenvalue weighted by molar-refractivity contribution is 5.60. The van der Waals surface area contributed by atoms with E-state index in [0.29, 0.717) is 0 Å². The van der Waals surface area contributed by atoms with E-state index in [2.05, 4.69) is 20.1 Å². The summed E-state index contributed by atoms with van der Waals surface area (Å²) in [7, 11) is 1.27. The van der Waals surface area contributed by atoms with E-state index in [0.717, 1.165) is 6.33 Å². The second kappa shape index (κ2) is 3.63. The predicted molar refractivity (Wildman–Crippen MR) is 43.0 cm³/mol. The molecule has 0 radical (unpaired) electrons. The Hall–Kier alpha value is -1.96. The molecule has 0 saturated heterocycles. The number of nitrogens with two attached hydrogens (primary N) is 1. The van der Waals surface area contributed by atoms with Gasteiger partial charge in [0.15, 0.2) is 0 Å². The van der Waals surface area contributed by atoms with Gasteiger partial charge in [-0.1, -0.05) is 0 Å². The zero-order valence-corrected chi connectivity index (χ0v) is 6.72. The number of nitro groups is 1. The van der Waals surface area contributed by atoms with Gasteiger partial charge in [0, 0.05) is 0 Å². The van der Waals surface area contributed by atoms with Crippen molar-refractivity contribution >= 4 is 11.5 Å². The molecule has 0 aromatic carbocycles. The number of nitrogen functional groups attached to an aromatic ring is 1. The number of rotatable bonds is 3. The number of nitrogens with one attached hydrogen (secondary N) is 1. The van der Waals surface area contributed by atoms with E-state index in [1.807, 2.05) is 0 Å². The van der Waals surface area contributed by atoms with Crippen molar-refractivity contribution in [3.05, 3.63) is 16.4 Å². The van der Waals surface area contributed by atoms with Crippen molar-refractivity contribution in [2.75, 3.05) is 12.5 Å². The van der Waals surface area contributed by atoms with E-state index in [1.165, 1.54) is 7.11 Å². The summed E-state index contributed by atoms with van der Waals surface area (Å²) < 4.78 is 4.66. The van der Waals surface area contributed by atoms with Crippen LogP contribution in [0.1, 0.15) is 0 Å². The number of hydrazine groups is 1. The van der Waals surface area contributed by atoms with Crippen LogP contribution in [0.2, 0.25) is 0 Å². The minimum absolute atomic E-state index is 0.0862. The molecule has 0 bridgehead atoms. The summed E-state index contributed by atoms with van der Waals surface area (Å²) in [5, 5.41) is 10.5. The van der Waals surface area contributed by atoms with Crippen LogP contribution in [0.4, 0.5) is 11.5 Å². The summed E-state index contributed by atoms with van der Waals surface area (Å²) in [5.74, 6) is 4.79. The highest BCUT2D eigenvalue weighted by Crippen LogP contribution is 2.29. The summed E-state index contributed by atoms with van der Waals surface area (Å²) in [6.07, 6.45) is 1.11. The number of anilines is 1. The third kappa shape index (κ3) is 1.62. The average Bonchev–Trinajstić information content (AvgIpc) is 2.16. The topological polar surface area (TPSA) is 116 Å². The standard InChI is InChI=1S/C5H7N5O3/c1-13-5-3(10(11)12)4(9-6)7-2-8-5/h2H,6H2,1H3,(H,7,8,9). The normalized spacial score (nSPS) is 9.38. The zero-order valence-electron chi connectivity index (χ0n) is 6.72. The fourth-order valence-electron chi connectivity index (χ4n) is 0.782. The Morgan fingerprint density at radius 2 is 2.38 bits per heavy atom. The molecule has 0 amide bonds. The Kier molecular flexibility index (Phi) is 2.55. The molecule has 0 atom stereocenters. The monoisotopic (exact) mass is 185 g/mol. The number of hydrogen-bond acceptors (Lipinski definition) is 7. The van der Waals surface area contributed by atoms with Crippen LogP contribution in [0.3, 0.4) is 0 Å². The molecule has 0 spiro atoms. The van der Waals surface area contributed by atoms with E-state index in [9.17, 15) is 10.1 Å². The van der Waals surface area contributed by atoms with E-state index >= 15 is 0 Å². The molecule has 0 aliphatic heterocycles. The summed E-state index contributed by atoms with van der Waals surface area (Å²) in [5.41, 5.74) is 1.70. The summed E-state index contributed by atoms with van der Waals surface area (Å²) in [4.78, 5) is 17.0. The Morgan fingerprint density at radius 3 is 2.85 bits per heavy atom. The zero-order chi connectivity index (χ0) is 9.84. The third-order valence-corrected chi connectivity index (χ3v) is 1.30. The van der Waals surface area contributed by atoms with Gasteiger partial charge in [-0.2, -0.15) is 4.98 Å². The maximum absolute atomic E-state index is 10.5. The van der Waals surface area contributed by atoms with Crippen molar-refractivity contribution in [3.8, 4) is 5.88 Å². The molecule has 0 aliphatic rings. The van der Waals surface area contributed by atoms with Gasteiger partial charge in [-0.15, -0.1) is 0 Å². The van der Waals surface area contributed by atoms with Gasteiger partial charge >= 0.3 is 5.69 Å². The smallest absolute Gasteiger partial charge is 0.374 e. The number of methoxy groups -OCH3 is 1. The summed E-state index contributed by atoms with van der Waals surface area (Å²) in [6, 6.07) is 0. The van der Waals surface area contributed by atoms with Crippen LogP contribution in [0.5, 0.6) is 5.88 Å². The lowest BCUT2D eigenvalue weighted by atomic mass is 10.4. The van der Waals surface area contributed by atoms with Gasteiger partial charge in [0.25, 0.3) is 5.88 Å². The molecule has 0 unspecified atom stereocenters. The molecule has 0 fully saturated rings. The predicted octanol–water partition coefficient (Wildman–Crippen LogP) is -0.321. The first-order chi connectivity index (χ1) is 6.20. The molecule has 0 aliphatic carbocycles. The van der Waals surface area contributed by atoms with Gasteiger partial charge in [-0.25, -0.2) is 10.8 Å². The molecule has 3 N–H and O–H groups in total. The molecule has 8 heteroatoms. The van der Waals surface area contributed by atoms with Crippen molar-refractivity contribution in [1.29, 1.82) is 0 Å². The first-order valence-electron chi connectivity index (χ1n) is 3.20. The molecular formula is C5H7N5O3. The third-order valence-electron chi connectivity index (χ3n) is 1.30. The van der Waals surface area contributed by atoms with Crippen molar-refractivity contribution in [2.24, 2.45) is 5.84 Å². The lowest BCUT2D eigenvalue weighted by Gasteiger charge is -2.02. The van der Waals surface area contributed by atoms with Gasteiger partial charge in [-0.3, -0.25) is 10.1 Å². The molecule has 1 aromatic rings. The van der Waals surface area contributed by atoms with E-state index in [4.69, 9.17) is 5.84 Å². The van der Waals surface area contributed by atoms with Crippen molar-refractivity contribution < 1.29 is 9.66 Å². The van der Waals surface area contributed by atoms with Gasteiger partial charge in [0.05, 0.1) is 12.0 Å². The molecule has 1 heterocycles. The molecule has 0 saturated carbocycles. The molecule has 70 valence electrons. The quantitative estimate of drug-likeness (QED) is 0.376.